The van der Waals surface area contributed by atoms with Crippen molar-refractivity contribution in [2.45, 2.75) is 70.4 Å². The average molecular weight is 376 g/mol. The Kier molecular flexibility index (Phi) is 10.4. The van der Waals surface area contributed by atoms with Gasteiger partial charge in [0, 0.05) is 32.7 Å². The molecule has 0 aliphatic carbocycles. The Labute approximate surface area is 157 Å². The van der Waals surface area contributed by atoms with E-state index in [9.17, 15) is 9.59 Å². The van der Waals surface area contributed by atoms with Crippen LogP contribution in [0.3, 0.4) is 0 Å². The van der Waals surface area contributed by atoms with Crippen LogP contribution in [0, 0.1) is 0 Å². The lowest BCUT2D eigenvalue weighted by Gasteiger charge is -2.40. The van der Waals surface area contributed by atoms with Crippen molar-refractivity contribution in [1.29, 1.82) is 0 Å². The lowest BCUT2D eigenvalue weighted by atomic mass is 9.98. The lowest BCUT2D eigenvalue weighted by Crippen LogP contribution is -2.54. The zero-order chi connectivity index (χ0) is 17.4. The number of carbonyl (C=O) groups excluding carboxylic acids is 2. The number of rotatable bonds is 7. The van der Waals surface area contributed by atoms with E-state index in [2.05, 4.69) is 0 Å². The van der Waals surface area contributed by atoms with E-state index in [4.69, 9.17) is 10.5 Å². The van der Waals surface area contributed by atoms with Crippen LogP contribution < -0.4 is 5.73 Å². The molecule has 2 amide bonds. The molecule has 0 aromatic rings. The van der Waals surface area contributed by atoms with E-state index in [-0.39, 0.29) is 36.4 Å². The summed E-state index contributed by atoms with van der Waals surface area (Å²) in [4.78, 5) is 29.0. The Balaban J connectivity index is 0.00000312. The van der Waals surface area contributed by atoms with Crippen LogP contribution >= 0.6 is 12.4 Å². The topological polar surface area (TPSA) is 75.9 Å². The zero-order valence-corrected chi connectivity index (χ0v) is 16.3. The second-order valence-electron chi connectivity index (χ2n) is 6.89. The molecule has 0 aromatic carbocycles. The molecule has 0 aromatic heterocycles. The smallest absolute Gasteiger partial charge is 0.245 e. The van der Waals surface area contributed by atoms with Gasteiger partial charge >= 0.3 is 0 Å². The summed E-state index contributed by atoms with van der Waals surface area (Å²) < 4.78 is 5.81. The van der Waals surface area contributed by atoms with Crippen LogP contribution in [0.1, 0.15) is 58.3 Å². The number of ether oxygens (including phenoxy) is 1. The molecule has 2 heterocycles. The minimum absolute atomic E-state index is 0. The van der Waals surface area contributed by atoms with Crippen LogP contribution in [-0.4, -0.2) is 66.5 Å². The molecule has 2 saturated heterocycles. The van der Waals surface area contributed by atoms with Crippen molar-refractivity contribution < 1.29 is 14.3 Å². The van der Waals surface area contributed by atoms with Crippen molar-refractivity contribution in [2.75, 3.05) is 32.8 Å². The summed E-state index contributed by atoms with van der Waals surface area (Å²) in [6.07, 6.45) is 7.11. The number of hydrogen-bond donors (Lipinski definition) is 1. The van der Waals surface area contributed by atoms with E-state index in [1.54, 1.807) is 0 Å². The third-order valence-electron chi connectivity index (χ3n) is 5.03. The van der Waals surface area contributed by atoms with Crippen molar-refractivity contribution in [3.05, 3.63) is 0 Å². The molecular formula is C18H34ClN3O3. The van der Waals surface area contributed by atoms with Gasteiger partial charge in [0.1, 0.15) is 6.04 Å². The van der Waals surface area contributed by atoms with E-state index in [0.29, 0.717) is 19.6 Å². The molecule has 0 spiro atoms. The summed E-state index contributed by atoms with van der Waals surface area (Å²) in [6.45, 7) is 5.57. The average Bonchev–Trinajstić information content (AvgIpc) is 2.62. The van der Waals surface area contributed by atoms with Gasteiger partial charge in [0.15, 0.2) is 0 Å². The highest BCUT2D eigenvalue weighted by Crippen LogP contribution is 2.23. The van der Waals surface area contributed by atoms with Crippen LogP contribution in [0.4, 0.5) is 0 Å². The molecule has 2 aliphatic rings. The first-order chi connectivity index (χ1) is 11.7. The van der Waals surface area contributed by atoms with Crippen molar-refractivity contribution in [2.24, 2.45) is 5.73 Å². The third-order valence-corrected chi connectivity index (χ3v) is 5.03. The predicted molar refractivity (Wildman–Crippen MR) is 101 cm³/mol. The summed E-state index contributed by atoms with van der Waals surface area (Å²) in [5.41, 5.74) is 5.48. The molecule has 7 heteroatoms. The fourth-order valence-corrected chi connectivity index (χ4v) is 3.63. The van der Waals surface area contributed by atoms with Crippen LogP contribution in [0.15, 0.2) is 0 Å². The number of halogens is 1. The van der Waals surface area contributed by atoms with Gasteiger partial charge < -0.3 is 20.3 Å². The van der Waals surface area contributed by atoms with Crippen LogP contribution in [-0.2, 0) is 14.3 Å². The Bertz CT molecular complexity index is 414. The Morgan fingerprint density at radius 3 is 2.48 bits per heavy atom. The van der Waals surface area contributed by atoms with Gasteiger partial charge in [-0.3, -0.25) is 9.59 Å². The number of nitrogens with two attached hydrogens (primary N) is 1. The molecule has 2 fully saturated rings. The molecule has 2 aliphatic heterocycles. The molecule has 0 saturated carbocycles. The second kappa shape index (κ2) is 11.7. The van der Waals surface area contributed by atoms with E-state index in [1.807, 2.05) is 16.7 Å². The molecule has 146 valence electrons. The van der Waals surface area contributed by atoms with Gasteiger partial charge in [0.2, 0.25) is 11.8 Å². The Hall–Kier alpha value is -0.850. The number of likely N-dealkylation sites (tertiary alicyclic amines) is 2. The monoisotopic (exact) mass is 375 g/mol. The number of piperidine rings is 2. The van der Waals surface area contributed by atoms with Gasteiger partial charge in [0.05, 0.1) is 6.10 Å². The minimum atomic E-state index is -0.243. The van der Waals surface area contributed by atoms with Gasteiger partial charge in [0.25, 0.3) is 0 Å². The number of carbonyl (C=O) groups is 2. The number of nitrogens with zero attached hydrogens (tertiary/aromatic N) is 2. The van der Waals surface area contributed by atoms with Crippen molar-refractivity contribution in [3.8, 4) is 0 Å². The van der Waals surface area contributed by atoms with Gasteiger partial charge in [-0.2, -0.15) is 0 Å². The van der Waals surface area contributed by atoms with Crippen molar-refractivity contribution in [1.82, 2.24) is 9.80 Å². The van der Waals surface area contributed by atoms with Gasteiger partial charge in [-0.25, -0.2) is 0 Å². The molecule has 2 N–H and O–H groups in total. The van der Waals surface area contributed by atoms with Crippen LogP contribution in [0.25, 0.3) is 0 Å². The first kappa shape index (κ1) is 22.2. The highest BCUT2D eigenvalue weighted by atomic mass is 35.5. The summed E-state index contributed by atoms with van der Waals surface area (Å²) >= 11 is 0. The number of amides is 2. The Morgan fingerprint density at radius 1 is 1.12 bits per heavy atom. The lowest BCUT2D eigenvalue weighted by molar-refractivity contribution is -0.149. The largest absolute Gasteiger partial charge is 0.378 e. The summed E-state index contributed by atoms with van der Waals surface area (Å²) in [5, 5.41) is 0. The molecule has 6 nitrogen and oxygen atoms in total. The van der Waals surface area contributed by atoms with E-state index in [1.165, 1.54) is 0 Å². The number of hydrogen-bond acceptors (Lipinski definition) is 4. The van der Waals surface area contributed by atoms with Gasteiger partial charge in [-0.15, -0.1) is 12.4 Å². The van der Waals surface area contributed by atoms with Gasteiger partial charge in [-0.05, 0) is 51.5 Å². The van der Waals surface area contributed by atoms with Crippen LogP contribution in [0.2, 0.25) is 0 Å². The fourth-order valence-electron chi connectivity index (χ4n) is 3.63. The Morgan fingerprint density at radius 2 is 1.84 bits per heavy atom. The molecular weight excluding hydrogens is 342 g/mol. The minimum Gasteiger partial charge on any atom is -0.378 e. The first-order valence-corrected chi connectivity index (χ1v) is 9.57. The molecule has 1 atom stereocenters. The molecule has 25 heavy (non-hydrogen) atoms. The molecule has 2 rings (SSSR count). The fraction of sp³-hybridized carbons (Fsp3) is 0.889. The standard InChI is InChI=1S/C18H33N3O3.ClH/c1-2-6-17(22)21-11-4-3-7-16(21)18(23)20-12-8-15(9-13-20)24-14-5-10-19;/h15-16H,2-14,19H2,1H3;1H. The normalized spacial score (nSPS) is 21.8. The zero-order valence-electron chi connectivity index (χ0n) is 15.5. The first-order valence-electron chi connectivity index (χ1n) is 9.57. The summed E-state index contributed by atoms with van der Waals surface area (Å²) in [7, 11) is 0. The maximum Gasteiger partial charge on any atom is 0.245 e. The highest BCUT2D eigenvalue weighted by molar-refractivity contribution is 5.88. The molecule has 0 radical (unpaired) electrons. The maximum atomic E-state index is 12.9. The summed E-state index contributed by atoms with van der Waals surface area (Å²) in [5.74, 6) is 0.273. The van der Waals surface area contributed by atoms with E-state index >= 15 is 0 Å². The molecule has 0 bridgehead atoms. The van der Waals surface area contributed by atoms with Crippen molar-refractivity contribution >= 4 is 24.2 Å². The maximum absolute atomic E-state index is 12.9. The second-order valence-corrected chi connectivity index (χ2v) is 6.89. The third kappa shape index (κ3) is 6.42. The SMILES string of the molecule is CCCC(=O)N1CCCCC1C(=O)N1CCC(OCCCN)CC1.Cl. The predicted octanol–water partition coefficient (Wildman–Crippen LogP) is 1.95. The van der Waals surface area contributed by atoms with E-state index in [0.717, 1.165) is 64.6 Å². The quantitative estimate of drug-likeness (QED) is 0.690. The summed E-state index contributed by atoms with van der Waals surface area (Å²) in [6, 6.07) is -0.243. The van der Waals surface area contributed by atoms with E-state index < -0.39 is 0 Å². The van der Waals surface area contributed by atoms with Gasteiger partial charge in [-0.1, -0.05) is 6.92 Å². The van der Waals surface area contributed by atoms with Crippen molar-refractivity contribution in [3.63, 3.8) is 0 Å². The highest BCUT2D eigenvalue weighted by Gasteiger charge is 2.35. The van der Waals surface area contributed by atoms with Crippen LogP contribution in [0.5, 0.6) is 0 Å². The molecule has 1 unspecified atom stereocenters.